The molecule has 66 valence electrons. The lowest BCUT2D eigenvalue weighted by molar-refractivity contribution is 0.103. The molecular weight excluding hydrogens is 166 g/mol. The summed E-state index contributed by atoms with van der Waals surface area (Å²) in [5.41, 5.74) is 5.82. The molecule has 1 aromatic rings. The predicted octanol–water partition coefficient (Wildman–Crippen LogP) is 1.15. The maximum Gasteiger partial charge on any atom is 0.187 e. The molecule has 1 aromatic carbocycles. The van der Waals surface area contributed by atoms with E-state index in [1.165, 1.54) is 6.08 Å². The normalized spacial score (nSPS) is 10.2. The number of benzene rings is 1. The topological polar surface area (TPSA) is 60.2 Å². The minimum atomic E-state index is -0.259. The standard InChI is InChI=1S/C10H9NO2/c11-6-5-10(13)9-4-2-1-3-8(9)7-12/h1-7H,11H2. The summed E-state index contributed by atoms with van der Waals surface area (Å²) in [6.45, 7) is 0. The van der Waals surface area contributed by atoms with Gasteiger partial charge < -0.3 is 5.73 Å². The number of carbonyl (C=O) groups excluding carboxylic acids is 2. The second-order valence-electron chi connectivity index (χ2n) is 2.43. The van der Waals surface area contributed by atoms with Crippen molar-refractivity contribution < 1.29 is 9.59 Å². The first kappa shape index (κ1) is 9.19. The summed E-state index contributed by atoms with van der Waals surface area (Å²) in [5.74, 6) is -0.259. The molecular formula is C10H9NO2. The van der Waals surface area contributed by atoms with Crippen LogP contribution in [0.1, 0.15) is 20.7 Å². The van der Waals surface area contributed by atoms with Crippen LogP contribution in [0.4, 0.5) is 0 Å². The molecule has 0 heterocycles. The molecule has 0 bridgehead atoms. The molecule has 13 heavy (non-hydrogen) atoms. The van der Waals surface area contributed by atoms with Crippen LogP contribution in [0.5, 0.6) is 0 Å². The van der Waals surface area contributed by atoms with Gasteiger partial charge in [-0.05, 0) is 6.20 Å². The van der Waals surface area contributed by atoms with Gasteiger partial charge in [0.25, 0.3) is 0 Å². The lowest BCUT2D eigenvalue weighted by Gasteiger charge is -1.98. The Morgan fingerprint density at radius 3 is 2.62 bits per heavy atom. The Bertz CT molecular complexity index is 356. The molecule has 0 aliphatic carbocycles. The minimum absolute atomic E-state index is 0.259. The lowest BCUT2D eigenvalue weighted by atomic mass is 10.0. The van der Waals surface area contributed by atoms with Gasteiger partial charge >= 0.3 is 0 Å². The van der Waals surface area contributed by atoms with Gasteiger partial charge in [-0.2, -0.15) is 0 Å². The minimum Gasteiger partial charge on any atom is -0.404 e. The second kappa shape index (κ2) is 4.21. The van der Waals surface area contributed by atoms with Gasteiger partial charge in [-0.1, -0.05) is 24.3 Å². The first-order valence-electron chi connectivity index (χ1n) is 3.76. The Balaban J connectivity index is 3.12. The van der Waals surface area contributed by atoms with Gasteiger partial charge in [-0.25, -0.2) is 0 Å². The van der Waals surface area contributed by atoms with Crippen LogP contribution in [0, 0.1) is 0 Å². The quantitative estimate of drug-likeness (QED) is 0.426. The van der Waals surface area contributed by atoms with Crippen molar-refractivity contribution >= 4 is 12.1 Å². The highest BCUT2D eigenvalue weighted by Gasteiger charge is 2.05. The van der Waals surface area contributed by atoms with Gasteiger partial charge in [0, 0.05) is 17.2 Å². The Hall–Kier alpha value is -1.90. The average molecular weight is 175 g/mol. The van der Waals surface area contributed by atoms with Crippen LogP contribution in [0.15, 0.2) is 36.5 Å². The van der Waals surface area contributed by atoms with E-state index in [0.29, 0.717) is 17.4 Å². The molecule has 0 aromatic heterocycles. The third-order valence-corrected chi connectivity index (χ3v) is 1.60. The van der Waals surface area contributed by atoms with E-state index in [1.54, 1.807) is 24.3 Å². The fraction of sp³-hybridized carbons (Fsp3) is 0. The van der Waals surface area contributed by atoms with Crippen LogP contribution in [0.3, 0.4) is 0 Å². The van der Waals surface area contributed by atoms with Crippen LogP contribution in [0.25, 0.3) is 0 Å². The van der Waals surface area contributed by atoms with E-state index < -0.39 is 0 Å². The van der Waals surface area contributed by atoms with Crippen molar-refractivity contribution in [2.75, 3.05) is 0 Å². The van der Waals surface area contributed by atoms with Crippen molar-refractivity contribution in [1.82, 2.24) is 0 Å². The van der Waals surface area contributed by atoms with Gasteiger partial charge in [0.15, 0.2) is 12.1 Å². The van der Waals surface area contributed by atoms with Crippen LogP contribution in [-0.4, -0.2) is 12.1 Å². The maximum atomic E-state index is 11.3. The van der Waals surface area contributed by atoms with Crippen LogP contribution in [0.2, 0.25) is 0 Å². The summed E-state index contributed by atoms with van der Waals surface area (Å²) >= 11 is 0. The van der Waals surface area contributed by atoms with Gasteiger partial charge in [0.05, 0.1) is 0 Å². The average Bonchev–Trinajstić information content (AvgIpc) is 2.18. The third-order valence-electron chi connectivity index (χ3n) is 1.60. The molecule has 0 spiro atoms. The molecule has 0 amide bonds. The summed E-state index contributed by atoms with van der Waals surface area (Å²) < 4.78 is 0. The van der Waals surface area contributed by atoms with Crippen molar-refractivity contribution in [1.29, 1.82) is 0 Å². The largest absolute Gasteiger partial charge is 0.404 e. The lowest BCUT2D eigenvalue weighted by Crippen LogP contribution is -2.00. The molecule has 0 radical (unpaired) electrons. The summed E-state index contributed by atoms with van der Waals surface area (Å²) in [4.78, 5) is 21.8. The van der Waals surface area contributed by atoms with Crippen molar-refractivity contribution in [2.45, 2.75) is 0 Å². The monoisotopic (exact) mass is 175 g/mol. The molecule has 0 saturated carbocycles. The summed E-state index contributed by atoms with van der Waals surface area (Å²) in [7, 11) is 0. The van der Waals surface area contributed by atoms with Crippen LogP contribution >= 0.6 is 0 Å². The maximum absolute atomic E-state index is 11.3. The first-order chi connectivity index (χ1) is 6.29. The second-order valence-corrected chi connectivity index (χ2v) is 2.43. The SMILES string of the molecule is NC=CC(=O)c1ccccc1C=O. The first-order valence-corrected chi connectivity index (χ1v) is 3.76. The van der Waals surface area contributed by atoms with Crippen molar-refractivity contribution in [3.8, 4) is 0 Å². The number of hydrogen-bond donors (Lipinski definition) is 1. The predicted molar refractivity (Wildman–Crippen MR) is 49.5 cm³/mol. The van der Waals surface area contributed by atoms with E-state index in [9.17, 15) is 9.59 Å². The van der Waals surface area contributed by atoms with Crippen molar-refractivity contribution in [3.05, 3.63) is 47.7 Å². The van der Waals surface area contributed by atoms with E-state index in [1.807, 2.05) is 0 Å². The van der Waals surface area contributed by atoms with E-state index in [4.69, 9.17) is 5.73 Å². The number of rotatable bonds is 3. The van der Waals surface area contributed by atoms with Gasteiger partial charge in [-0.15, -0.1) is 0 Å². The van der Waals surface area contributed by atoms with E-state index in [2.05, 4.69) is 0 Å². The Morgan fingerprint density at radius 1 is 1.31 bits per heavy atom. The fourth-order valence-corrected chi connectivity index (χ4v) is 1.00. The highest BCUT2D eigenvalue weighted by molar-refractivity contribution is 6.09. The highest BCUT2D eigenvalue weighted by Crippen LogP contribution is 2.07. The van der Waals surface area contributed by atoms with Gasteiger partial charge in [-0.3, -0.25) is 9.59 Å². The van der Waals surface area contributed by atoms with E-state index in [-0.39, 0.29) is 5.78 Å². The number of allylic oxidation sites excluding steroid dienone is 1. The molecule has 3 nitrogen and oxygen atoms in total. The summed E-state index contributed by atoms with van der Waals surface area (Å²) in [6, 6.07) is 6.58. The zero-order valence-electron chi connectivity index (χ0n) is 6.94. The molecule has 3 heteroatoms. The van der Waals surface area contributed by atoms with Gasteiger partial charge in [0.2, 0.25) is 0 Å². The molecule has 0 unspecified atom stereocenters. The van der Waals surface area contributed by atoms with Crippen molar-refractivity contribution in [3.63, 3.8) is 0 Å². The molecule has 0 aliphatic rings. The molecule has 0 aliphatic heterocycles. The summed E-state index contributed by atoms with van der Waals surface area (Å²) in [5, 5.41) is 0. The molecule has 0 fully saturated rings. The highest BCUT2D eigenvalue weighted by atomic mass is 16.1. The Kier molecular flexibility index (Phi) is 2.97. The van der Waals surface area contributed by atoms with Crippen molar-refractivity contribution in [2.24, 2.45) is 5.73 Å². The number of carbonyl (C=O) groups is 2. The number of nitrogens with two attached hydrogens (primary N) is 1. The molecule has 1 rings (SSSR count). The molecule has 2 N–H and O–H groups in total. The van der Waals surface area contributed by atoms with Gasteiger partial charge in [0.1, 0.15) is 0 Å². The number of ketones is 1. The Morgan fingerprint density at radius 2 is 2.00 bits per heavy atom. The smallest absolute Gasteiger partial charge is 0.187 e. The number of hydrogen-bond acceptors (Lipinski definition) is 3. The molecule has 0 saturated heterocycles. The zero-order chi connectivity index (χ0) is 9.68. The van der Waals surface area contributed by atoms with E-state index in [0.717, 1.165) is 6.20 Å². The summed E-state index contributed by atoms with van der Waals surface area (Å²) in [6.07, 6.45) is 3.03. The van der Waals surface area contributed by atoms with E-state index >= 15 is 0 Å². The Labute approximate surface area is 75.9 Å². The van der Waals surface area contributed by atoms with Crippen LogP contribution in [-0.2, 0) is 0 Å². The van der Waals surface area contributed by atoms with Crippen LogP contribution < -0.4 is 5.73 Å². The molecule has 0 atom stereocenters. The fourth-order valence-electron chi connectivity index (χ4n) is 1.00. The zero-order valence-corrected chi connectivity index (χ0v) is 6.94. The number of aldehydes is 1. The third kappa shape index (κ3) is 2.02.